The molecule has 1 aromatic rings. The van der Waals surface area contributed by atoms with E-state index in [0.29, 0.717) is 31.1 Å². The topological polar surface area (TPSA) is 67.9 Å². The summed E-state index contributed by atoms with van der Waals surface area (Å²) in [6.45, 7) is 5.14. The summed E-state index contributed by atoms with van der Waals surface area (Å²) in [6.07, 6.45) is 0.880. The van der Waals surface area contributed by atoms with E-state index in [9.17, 15) is 9.59 Å². The second-order valence-corrected chi connectivity index (χ2v) is 6.04. The van der Waals surface area contributed by atoms with Gasteiger partial charge in [-0.15, -0.1) is 0 Å². The van der Waals surface area contributed by atoms with E-state index in [1.807, 2.05) is 25.1 Å². The molecular formula is C18H26N2O4. The molecular weight excluding hydrogens is 308 g/mol. The fourth-order valence-electron chi connectivity index (χ4n) is 3.15. The minimum atomic E-state index is -0.275. The zero-order chi connectivity index (χ0) is 17.7. The highest BCUT2D eigenvalue weighted by Gasteiger charge is 2.40. The third-order valence-corrected chi connectivity index (χ3v) is 4.49. The van der Waals surface area contributed by atoms with Gasteiger partial charge in [0, 0.05) is 44.1 Å². The van der Waals surface area contributed by atoms with Gasteiger partial charge < -0.3 is 19.7 Å². The van der Waals surface area contributed by atoms with Crippen LogP contribution in [0, 0.1) is 5.92 Å². The highest BCUT2D eigenvalue weighted by molar-refractivity contribution is 5.83. The minimum Gasteiger partial charge on any atom is -0.497 e. The van der Waals surface area contributed by atoms with E-state index in [4.69, 9.17) is 9.47 Å². The highest BCUT2D eigenvalue weighted by atomic mass is 16.5. The molecule has 0 spiro atoms. The van der Waals surface area contributed by atoms with Gasteiger partial charge in [0.15, 0.2) is 0 Å². The zero-order valence-corrected chi connectivity index (χ0v) is 14.8. The van der Waals surface area contributed by atoms with Crippen LogP contribution < -0.4 is 14.8 Å². The summed E-state index contributed by atoms with van der Waals surface area (Å²) in [6, 6.07) is 5.59. The number of rotatable bonds is 6. The summed E-state index contributed by atoms with van der Waals surface area (Å²) in [5.74, 6) is 0.984. The third-order valence-electron chi connectivity index (χ3n) is 4.49. The van der Waals surface area contributed by atoms with Crippen LogP contribution in [-0.4, -0.2) is 50.6 Å². The predicted octanol–water partition coefficient (Wildman–Crippen LogP) is 1.79. The van der Waals surface area contributed by atoms with E-state index in [2.05, 4.69) is 5.32 Å². The predicted molar refractivity (Wildman–Crippen MR) is 91.3 cm³/mol. The van der Waals surface area contributed by atoms with Crippen LogP contribution in [0.4, 0.5) is 0 Å². The van der Waals surface area contributed by atoms with E-state index < -0.39 is 0 Å². The Kier molecular flexibility index (Phi) is 6.06. The Balaban J connectivity index is 2.33. The Morgan fingerprint density at radius 3 is 2.58 bits per heavy atom. The molecule has 1 aliphatic rings. The molecule has 1 aromatic carbocycles. The van der Waals surface area contributed by atoms with Crippen LogP contribution in [0.3, 0.4) is 0 Å². The van der Waals surface area contributed by atoms with Gasteiger partial charge in [-0.3, -0.25) is 9.59 Å². The number of likely N-dealkylation sites (tertiary alicyclic amines) is 1. The first-order valence-corrected chi connectivity index (χ1v) is 8.26. The first-order valence-electron chi connectivity index (χ1n) is 8.26. The van der Waals surface area contributed by atoms with Gasteiger partial charge in [-0.05, 0) is 12.5 Å². The fraction of sp³-hybridized carbons (Fsp3) is 0.556. The largest absolute Gasteiger partial charge is 0.497 e. The van der Waals surface area contributed by atoms with Gasteiger partial charge in [0.1, 0.15) is 11.5 Å². The molecule has 1 N–H and O–H groups in total. The van der Waals surface area contributed by atoms with Crippen molar-refractivity contribution in [1.29, 1.82) is 0 Å². The molecule has 24 heavy (non-hydrogen) atoms. The summed E-state index contributed by atoms with van der Waals surface area (Å²) < 4.78 is 10.7. The van der Waals surface area contributed by atoms with Crippen LogP contribution in [0.1, 0.15) is 31.7 Å². The number of amides is 2. The van der Waals surface area contributed by atoms with Crippen molar-refractivity contribution in [2.24, 2.45) is 5.92 Å². The van der Waals surface area contributed by atoms with Gasteiger partial charge in [0.2, 0.25) is 11.8 Å². The molecule has 132 valence electrons. The maximum absolute atomic E-state index is 12.6. The monoisotopic (exact) mass is 334 g/mol. The van der Waals surface area contributed by atoms with Gasteiger partial charge in [0.25, 0.3) is 0 Å². The molecule has 1 saturated heterocycles. The summed E-state index contributed by atoms with van der Waals surface area (Å²) in [5, 5.41) is 2.95. The molecule has 0 radical (unpaired) electrons. The molecule has 1 aliphatic heterocycles. The zero-order valence-electron chi connectivity index (χ0n) is 14.8. The molecule has 6 nitrogen and oxygen atoms in total. The number of methoxy groups -OCH3 is 2. The Hall–Kier alpha value is -2.24. The minimum absolute atomic E-state index is 0.0107. The van der Waals surface area contributed by atoms with Crippen molar-refractivity contribution >= 4 is 11.8 Å². The number of ether oxygens (including phenoxy) is 2. The Morgan fingerprint density at radius 2 is 2.00 bits per heavy atom. The van der Waals surface area contributed by atoms with E-state index in [1.54, 1.807) is 19.1 Å². The molecule has 0 bridgehead atoms. The fourth-order valence-corrected chi connectivity index (χ4v) is 3.15. The van der Waals surface area contributed by atoms with Gasteiger partial charge in [-0.2, -0.15) is 0 Å². The number of nitrogens with one attached hydrogen (secondary N) is 1. The van der Waals surface area contributed by atoms with Crippen LogP contribution in [0.5, 0.6) is 11.5 Å². The van der Waals surface area contributed by atoms with Crippen LogP contribution >= 0.6 is 0 Å². The maximum atomic E-state index is 12.6. The Bertz CT molecular complexity index is 603. The second kappa shape index (κ2) is 8.04. The summed E-state index contributed by atoms with van der Waals surface area (Å²) in [4.78, 5) is 26.1. The van der Waals surface area contributed by atoms with Crippen LogP contribution in [0.2, 0.25) is 0 Å². The van der Waals surface area contributed by atoms with Crippen molar-refractivity contribution in [3.05, 3.63) is 23.8 Å². The van der Waals surface area contributed by atoms with Crippen LogP contribution in [0.25, 0.3) is 0 Å². The molecule has 2 unspecified atom stereocenters. The molecule has 2 rings (SSSR count). The summed E-state index contributed by atoms with van der Waals surface area (Å²) >= 11 is 0. The highest BCUT2D eigenvalue weighted by Crippen LogP contribution is 2.39. The van der Waals surface area contributed by atoms with Crippen molar-refractivity contribution < 1.29 is 19.1 Å². The smallest absolute Gasteiger partial charge is 0.225 e. The molecule has 0 aliphatic carbocycles. The molecule has 1 heterocycles. The van der Waals surface area contributed by atoms with Gasteiger partial charge >= 0.3 is 0 Å². The lowest BCUT2D eigenvalue weighted by Gasteiger charge is -2.20. The van der Waals surface area contributed by atoms with Gasteiger partial charge in [0.05, 0.1) is 20.1 Å². The molecule has 2 atom stereocenters. The van der Waals surface area contributed by atoms with Crippen molar-refractivity contribution in [1.82, 2.24) is 10.2 Å². The van der Waals surface area contributed by atoms with E-state index in [1.165, 1.54) is 6.92 Å². The molecule has 6 heteroatoms. The first kappa shape index (κ1) is 18.1. The molecule has 1 fully saturated rings. The lowest BCUT2D eigenvalue weighted by Crippen LogP contribution is -2.35. The third kappa shape index (κ3) is 3.80. The SMILES string of the molecule is CCCNC(=O)C1CN(C(C)=O)CC1c1ccc(OC)cc1OC. The first-order chi connectivity index (χ1) is 11.5. The maximum Gasteiger partial charge on any atom is 0.225 e. The van der Waals surface area contributed by atoms with Crippen molar-refractivity contribution in [3.8, 4) is 11.5 Å². The number of hydrogen-bond donors (Lipinski definition) is 1. The summed E-state index contributed by atoms with van der Waals surface area (Å²) in [7, 11) is 3.20. The van der Waals surface area contributed by atoms with E-state index in [0.717, 1.165) is 12.0 Å². The standard InChI is InChI=1S/C18H26N2O4/c1-5-8-19-18(22)16-11-20(12(2)21)10-15(16)14-7-6-13(23-3)9-17(14)24-4/h6-7,9,15-16H,5,8,10-11H2,1-4H3,(H,19,22). The van der Waals surface area contributed by atoms with Gasteiger partial charge in [-0.25, -0.2) is 0 Å². The number of hydrogen-bond acceptors (Lipinski definition) is 4. The van der Waals surface area contributed by atoms with Crippen LogP contribution in [0.15, 0.2) is 18.2 Å². The molecule has 0 aromatic heterocycles. The quantitative estimate of drug-likeness (QED) is 0.861. The van der Waals surface area contributed by atoms with E-state index in [-0.39, 0.29) is 23.7 Å². The second-order valence-electron chi connectivity index (χ2n) is 6.04. The normalized spacial score (nSPS) is 19.9. The van der Waals surface area contributed by atoms with Crippen molar-refractivity contribution in [3.63, 3.8) is 0 Å². The molecule has 2 amide bonds. The number of carbonyl (C=O) groups excluding carboxylic acids is 2. The number of benzene rings is 1. The van der Waals surface area contributed by atoms with Crippen molar-refractivity contribution in [2.45, 2.75) is 26.2 Å². The lowest BCUT2D eigenvalue weighted by molar-refractivity contribution is -0.128. The summed E-state index contributed by atoms with van der Waals surface area (Å²) in [5.41, 5.74) is 0.929. The molecule has 0 saturated carbocycles. The lowest BCUT2D eigenvalue weighted by atomic mass is 9.87. The number of nitrogens with zero attached hydrogens (tertiary/aromatic N) is 1. The van der Waals surface area contributed by atoms with Crippen LogP contribution in [-0.2, 0) is 9.59 Å². The average Bonchev–Trinajstić information content (AvgIpc) is 3.04. The van der Waals surface area contributed by atoms with Crippen molar-refractivity contribution in [2.75, 3.05) is 33.9 Å². The Labute approximate surface area is 143 Å². The van der Waals surface area contributed by atoms with Gasteiger partial charge in [-0.1, -0.05) is 13.0 Å². The van der Waals surface area contributed by atoms with E-state index >= 15 is 0 Å². The average molecular weight is 334 g/mol. The number of carbonyl (C=O) groups is 2. The Morgan fingerprint density at radius 1 is 1.25 bits per heavy atom.